The fourth-order valence-electron chi connectivity index (χ4n) is 6.07. The molecule has 6 rings (SSSR count). The minimum atomic E-state index is -4.71. The van der Waals surface area contributed by atoms with Crippen molar-refractivity contribution in [3.63, 3.8) is 0 Å². The molecule has 0 bridgehead atoms. The van der Waals surface area contributed by atoms with Crippen LogP contribution in [0, 0.1) is 10.1 Å². The van der Waals surface area contributed by atoms with Crippen LogP contribution in [0.1, 0.15) is 40.1 Å². The van der Waals surface area contributed by atoms with Crippen LogP contribution in [0.25, 0.3) is 0 Å². The van der Waals surface area contributed by atoms with Crippen molar-refractivity contribution in [3.8, 4) is 35.0 Å². The van der Waals surface area contributed by atoms with E-state index in [1.165, 1.54) is 57.1 Å². The Morgan fingerprint density at radius 1 is 0.693 bits per heavy atom. The van der Waals surface area contributed by atoms with Gasteiger partial charge >= 0.3 is 49.4 Å². The Morgan fingerprint density at radius 3 is 1.73 bits per heavy atom. The van der Waals surface area contributed by atoms with Gasteiger partial charge in [0.2, 0.25) is 35.4 Å². The molecule has 31 nitrogen and oxygen atoms in total. The zero-order valence-electron chi connectivity index (χ0n) is 44.5. The van der Waals surface area contributed by atoms with E-state index in [9.17, 15) is 90.1 Å². The molecule has 5 N–H and O–H groups in total. The number of benzene rings is 3. The number of amides is 4. The predicted molar refractivity (Wildman–Crippen MR) is 281 cm³/mol. The smallest absolute Gasteiger partial charge is 0.416 e. The van der Waals surface area contributed by atoms with E-state index in [-0.39, 0.29) is 46.6 Å². The summed E-state index contributed by atoms with van der Waals surface area (Å²) < 4.78 is 196. The van der Waals surface area contributed by atoms with Crippen LogP contribution < -0.4 is 43.8 Å². The fourth-order valence-corrected chi connectivity index (χ4v) is 9.95. The Hall–Kier alpha value is -10.0. The maximum Gasteiger partial charge on any atom is 0.416 e. The number of nitrogens with zero attached hydrogens (tertiary/aromatic N) is 6. The van der Waals surface area contributed by atoms with E-state index in [0.29, 0.717) is 12.1 Å². The first-order valence-electron chi connectivity index (χ1n) is 23.2. The Bertz CT molecular complexity index is 3870. The standard InChI is InChI=1S/C18H13ClF3NO7.C14H10F4N4O7S.C14H17N5O7S2/c1-2-28-16(24)9-29-17(25)12-8-11(4-5-14(12)23(26)27)30-15-6-3-10(7-13(15)19)18(20,21)22;15-11(16)28-8-5-9(29-12(17)18)20-13(19-8)21-14(25)22-30(26,27)7-4-2-1-3-6(7)10(23)24;1-4-27(21,22)9-6-5-7-15-12(9)28(23,24)19-14(20)18-13-16-10(25-2)8-11(17-13)26-3/h3-8H,2,9H2,1H3;1-5,11-12H,(H,23,24)(H2,19,20,21,22,25);5-8H,4H2,1-3H3,(H2,16,17,18,19,20). The Kier molecular flexibility index (Phi) is 24.7. The SMILES string of the molecule is CCOC(=O)COC(=O)c1cc(Oc2ccc(C(F)(F)F)cc2Cl)ccc1[N+](=O)[O-].CCS(=O)(=O)c1cccnc1S(=O)(=O)NC(=O)Nc1nc(OC)cc(OC)n1.O=C(Nc1nc(OC(F)F)cc(OC(F)F)n1)NS(=O)(=O)c1ccccc1C(=O)O. The Morgan fingerprint density at radius 2 is 1.23 bits per heavy atom. The molecule has 42 heteroatoms. The lowest BCUT2D eigenvalue weighted by atomic mass is 10.1. The van der Waals surface area contributed by atoms with Crippen LogP contribution in [0.2, 0.25) is 5.02 Å². The molecule has 6 aromatic rings. The summed E-state index contributed by atoms with van der Waals surface area (Å²) in [7, 11) is -10.6. The van der Waals surface area contributed by atoms with Gasteiger partial charge in [-0.2, -0.15) is 59.1 Å². The summed E-state index contributed by atoms with van der Waals surface area (Å²) in [5, 5.41) is 22.8. The highest BCUT2D eigenvalue weighted by Crippen LogP contribution is 2.37. The zero-order valence-corrected chi connectivity index (χ0v) is 47.7. The minimum absolute atomic E-state index is 0.0493. The van der Waals surface area contributed by atoms with Gasteiger partial charge in [0.1, 0.15) is 26.9 Å². The third kappa shape index (κ3) is 20.9. The number of methoxy groups -OCH3 is 2. The lowest BCUT2D eigenvalue weighted by Crippen LogP contribution is -2.36. The van der Waals surface area contributed by atoms with E-state index in [1.54, 1.807) is 10.0 Å². The summed E-state index contributed by atoms with van der Waals surface area (Å²) in [6.07, 6.45) is -3.51. The number of esters is 2. The summed E-state index contributed by atoms with van der Waals surface area (Å²) in [5.74, 6) is -7.33. The van der Waals surface area contributed by atoms with Crippen LogP contribution in [0.4, 0.5) is 57.9 Å². The van der Waals surface area contributed by atoms with Crippen molar-refractivity contribution in [2.45, 2.75) is 48.1 Å². The molecule has 3 heterocycles. The van der Waals surface area contributed by atoms with Crippen molar-refractivity contribution in [1.29, 1.82) is 0 Å². The van der Waals surface area contributed by atoms with E-state index in [4.69, 9.17) is 35.7 Å². The van der Waals surface area contributed by atoms with E-state index < -0.39 is 146 Å². The number of halogens is 8. The maximum absolute atomic E-state index is 12.7. The van der Waals surface area contributed by atoms with Crippen LogP contribution in [0.5, 0.6) is 35.0 Å². The second kappa shape index (κ2) is 30.9. The number of nitrogens with one attached hydrogen (secondary N) is 4. The van der Waals surface area contributed by atoms with Gasteiger partial charge in [-0.3, -0.25) is 20.7 Å². The highest BCUT2D eigenvalue weighted by atomic mass is 35.5. The van der Waals surface area contributed by atoms with Gasteiger partial charge in [-0.05, 0) is 55.5 Å². The second-order valence-electron chi connectivity index (χ2n) is 15.6. The van der Waals surface area contributed by atoms with Gasteiger partial charge < -0.3 is 38.3 Å². The summed E-state index contributed by atoms with van der Waals surface area (Å²) in [6.45, 7) is -4.64. The van der Waals surface area contributed by atoms with E-state index in [1.807, 2.05) is 0 Å². The number of aromatic nitrogens is 5. The number of alkyl halides is 7. The summed E-state index contributed by atoms with van der Waals surface area (Å²) in [5.41, 5.74) is -2.81. The minimum Gasteiger partial charge on any atom is -0.481 e. The molecule has 0 saturated heterocycles. The molecule has 0 aliphatic carbocycles. The van der Waals surface area contributed by atoms with Crippen LogP contribution in [-0.4, -0.2) is 137 Å². The van der Waals surface area contributed by atoms with Gasteiger partial charge in [-0.15, -0.1) is 0 Å². The number of anilines is 2. The number of rotatable bonds is 22. The van der Waals surface area contributed by atoms with Gasteiger partial charge in [0.25, 0.3) is 25.7 Å². The topological polar surface area (TPSA) is 428 Å². The number of carbonyl (C=O) groups excluding carboxylic acids is 4. The van der Waals surface area contributed by atoms with Crippen molar-refractivity contribution in [3.05, 3.63) is 123 Å². The number of urea groups is 2. The average molecular weight is 1330 g/mol. The molecule has 0 atom stereocenters. The molecule has 0 saturated carbocycles. The summed E-state index contributed by atoms with van der Waals surface area (Å²) in [6, 6.07) is 11.1. The lowest BCUT2D eigenvalue weighted by Gasteiger charge is -2.12. The number of aromatic carboxylic acids is 1. The third-order valence-corrected chi connectivity index (χ3v) is 14.6. The van der Waals surface area contributed by atoms with Crippen molar-refractivity contribution in [2.75, 3.05) is 43.8 Å². The largest absolute Gasteiger partial charge is 0.481 e. The first kappa shape index (κ1) is 70.5. The number of ether oxygens (including phenoxy) is 7. The number of carboxylic acids is 1. The van der Waals surface area contributed by atoms with Gasteiger partial charge in [0.15, 0.2) is 21.5 Å². The quantitative estimate of drug-likeness (QED) is 0.0200. The molecule has 0 fully saturated rings. The number of hydrogen-bond donors (Lipinski definition) is 5. The molecular weight excluding hydrogens is 1290 g/mol. The molecule has 0 aliphatic rings. The number of sulfonamides is 2. The molecule has 3 aromatic heterocycles. The normalized spacial score (nSPS) is 11.2. The zero-order chi connectivity index (χ0) is 65.9. The molecular formula is C46H40ClF7N10O21S3. The molecule has 474 valence electrons. The maximum atomic E-state index is 12.7. The average Bonchev–Trinajstić information content (AvgIpc) is 3.16. The van der Waals surface area contributed by atoms with E-state index >= 15 is 0 Å². The molecule has 0 radical (unpaired) electrons. The highest BCUT2D eigenvalue weighted by molar-refractivity contribution is 7.93. The number of nitro groups is 1. The number of sulfone groups is 1. The molecule has 0 aliphatic heterocycles. The number of carboxylic acid groups (broad SMARTS) is 1. The van der Waals surface area contributed by atoms with Crippen LogP contribution in [0.3, 0.4) is 0 Å². The Balaban J connectivity index is 0.000000283. The van der Waals surface area contributed by atoms with Crippen LogP contribution >= 0.6 is 11.6 Å². The molecule has 3 aromatic carbocycles. The van der Waals surface area contributed by atoms with E-state index in [0.717, 1.165) is 54.7 Å². The second-order valence-corrected chi connectivity index (χ2v) is 21.5. The molecule has 0 unspecified atom stereocenters. The lowest BCUT2D eigenvalue weighted by molar-refractivity contribution is -0.385. The third-order valence-electron chi connectivity index (χ3n) is 9.71. The molecule has 4 amide bonds. The first-order chi connectivity index (χ1) is 41.1. The van der Waals surface area contributed by atoms with Gasteiger partial charge in [-0.1, -0.05) is 30.7 Å². The van der Waals surface area contributed by atoms with Crippen molar-refractivity contribution < 1.29 is 123 Å². The number of hydrogen-bond acceptors (Lipinski definition) is 25. The van der Waals surface area contributed by atoms with Crippen molar-refractivity contribution >= 4 is 89.0 Å². The monoisotopic (exact) mass is 1330 g/mol. The van der Waals surface area contributed by atoms with Gasteiger partial charge in [0.05, 0.1) is 59.8 Å². The van der Waals surface area contributed by atoms with E-state index in [2.05, 4.69) is 44.4 Å². The predicted octanol–water partition coefficient (Wildman–Crippen LogP) is 6.86. The molecule has 0 spiro atoms. The summed E-state index contributed by atoms with van der Waals surface area (Å²) in [4.78, 5) is 85.4. The summed E-state index contributed by atoms with van der Waals surface area (Å²) >= 11 is 5.81. The number of pyridine rings is 1. The number of nitro benzene ring substituents is 1. The van der Waals surface area contributed by atoms with Crippen molar-refractivity contribution in [1.82, 2.24) is 34.4 Å². The van der Waals surface area contributed by atoms with Gasteiger partial charge in [-0.25, -0.2) is 55.2 Å². The van der Waals surface area contributed by atoms with Gasteiger partial charge in [0, 0.05) is 18.3 Å². The Labute approximate surface area is 494 Å². The first-order valence-corrected chi connectivity index (χ1v) is 28.2. The van der Waals surface area contributed by atoms with Crippen molar-refractivity contribution in [2.24, 2.45) is 0 Å². The van der Waals surface area contributed by atoms with Crippen LogP contribution in [-0.2, 0) is 50.3 Å². The molecule has 88 heavy (non-hydrogen) atoms. The number of carbonyl (C=O) groups is 5. The fraction of sp³-hybridized carbons (Fsp3) is 0.217. The van der Waals surface area contributed by atoms with Crippen LogP contribution in [0.15, 0.2) is 106 Å². The highest BCUT2D eigenvalue weighted by Gasteiger charge is 2.32.